The average Bonchev–Trinajstić information content (AvgIpc) is 3.15. The van der Waals surface area contributed by atoms with Gasteiger partial charge < -0.3 is 14.8 Å². The first-order chi connectivity index (χ1) is 14.1. The standard InChI is InChI=1S/C23H17FN2O3/c1-28-19-7-3-6-18(13-19)22-21(26-23(27)29-22)17-5-2-4-15(12-17)8-9-16-10-11-20(24)25-14-16/h2-7,10-14,21-22H,1H3,(H,26,27)/t21-,22-/m1/s1. The van der Waals surface area contributed by atoms with E-state index in [9.17, 15) is 9.18 Å². The number of hydrogen-bond acceptors (Lipinski definition) is 4. The van der Waals surface area contributed by atoms with Crippen molar-refractivity contribution in [1.82, 2.24) is 10.3 Å². The van der Waals surface area contributed by atoms with Gasteiger partial charge in [-0.1, -0.05) is 36.1 Å². The van der Waals surface area contributed by atoms with E-state index in [4.69, 9.17) is 9.47 Å². The van der Waals surface area contributed by atoms with E-state index in [0.29, 0.717) is 11.3 Å². The Balaban J connectivity index is 1.62. The van der Waals surface area contributed by atoms with Crippen LogP contribution in [-0.2, 0) is 4.74 Å². The second kappa shape index (κ2) is 8.03. The molecule has 1 N–H and O–H groups in total. The summed E-state index contributed by atoms with van der Waals surface area (Å²) in [4.78, 5) is 15.6. The highest BCUT2D eigenvalue weighted by Crippen LogP contribution is 2.37. The maximum Gasteiger partial charge on any atom is 0.408 e. The summed E-state index contributed by atoms with van der Waals surface area (Å²) in [6.45, 7) is 0. The molecule has 0 spiro atoms. The molecule has 29 heavy (non-hydrogen) atoms. The summed E-state index contributed by atoms with van der Waals surface area (Å²) >= 11 is 0. The smallest absolute Gasteiger partial charge is 0.408 e. The zero-order valence-electron chi connectivity index (χ0n) is 15.6. The van der Waals surface area contributed by atoms with Crippen LogP contribution in [0.2, 0.25) is 0 Å². The summed E-state index contributed by atoms with van der Waals surface area (Å²) in [6.07, 6.45) is 0.426. The molecule has 0 radical (unpaired) electrons. The van der Waals surface area contributed by atoms with E-state index in [0.717, 1.165) is 16.7 Å². The summed E-state index contributed by atoms with van der Waals surface area (Å²) in [6, 6.07) is 17.5. The Morgan fingerprint density at radius 1 is 1.03 bits per heavy atom. The first kappa shape index (κ1) is 18.5. The fourth-order valence-electron chi connectivity index (χ4n) is 3.16. The molecule has 1 aliphatic rings. The number of rotatable bonds is 3. The summed E-state index contributed by atoms with van der Waals surface area (Å²) in [5, 5.41) is 2.86. The number of cyclic esters (lactones) is 1. The van der Waals surface area contributed by atoms with Gasteiger partial charge in [0.25, 0.3) is 0 Å². The van der Waals surface area contributed by atoms with Gasteiger partial charge >= 0.3 is 6.09 Å². The van der Waals surface area contributed by atoms with Gasteiger partial charge in [-0.15, -0.1) is 0 Å². The van der Waals surface area contributed by atoms with E-state index in [1.165, 1.54) is 12.3 Å². The lowest BCUT2D eigenvalue weighted by atomic mass is 9.95. The molecule has 1 fully saturated rings. The number of alkyl carbamates (subject to hydrolysis) is 1. The van der Waals surface area contributed by atoms with Crippen molar-refractivity contribution in [2.75, 3.05) is 7.11 Å². The normalized spacial score (nSPS) is 17.7. The van der Waals surface area contributed by atoms with Crippen molar-refractivity contribution >= 4 is 6.09 Å². The number of ether oxygens (including phenoxy) is 2. The van der Waals surface area contributed by atoms with Gasteiger partial charge in [-0.3, -0.25) is 0 Å². The summed E-state index contributed by atoms with van der Waals surface area (Å²) in [5.41, 5.74) is 3.08. The molecule has 0 unspecified atom stereocenters. The highest BCUT2D eigenvalue weighted by atomic mass is 19.1. The highest BCUT2D eigenvalue weighted by Gasteiger charge is 2.36. The number of amides is 1. The minimum absolute atomic E-state index is 0.358. The van der Waals surface area contributed by atoms with Gasteiger partial charge in [0.2, 0.25) is 5.95 Å². The molecule has 144 valence electrons. The molecule has 2 aromatic carbocycles. The van der Waals surface area contributed by atoms with Gasteiger partial charge in [0.15, 0.2) is 6.10 Å². The molecule has 6 heteroatoms. The minimum atomic E-state index is -0.543. The molecular formula is C23H17FN2O3. The molecule has 1 aliphatic heterocycles. The van der Waals surface area contributed by atoms with Gasteiger partial charge in [-0.2, -0.15) is 4.39 Å². The van der Waals surface area contributed by atoms with E-state index in [1.54, 1.807) is 13.2 Å². The highest BCUT2D eigenvalue weighted by molar-refractivity contribution is 5.71. The number of halogens is 1. The van der Waals surface area contributed by atoms with Gasteiger partial charge in [0.05, 0.1) is 13.2 Å². The number of carbonyl (C=O) groups is 1. The monoisotopic (exact) mass is 388 g/mol. The fourth-order valence-corrected chi connectivity index (χ4v) is 3.16. The lowest BCUT2D eigenvalue weighted by molar-refractivity contribution is 0.132. The first-order valence-electron chi connectivity index (χ1n) is 8.97. The van der Waals surface area contributed by atoms with Crippen molar-refractivity contribution in [2.45, 2.75) is 12.1 Å². The molecule has 0 aliphatic carbocycles. The van der Waals surface area contributed by atoms with Crippen LogP contribution in [0.4, 0.5) is 9.18 Å². The van der Waals surface area contributed by atoms with Gasteiger partial charge in [0.1, 0.15) is 5.75 Å². The van der Waals surface area contributed by atoms with Crippen LogP contribution in [-0.4, -0.2) is 18.2 Å². The van der Waals surface area contributed by atoms with Crippen molar-refractivity contribution in [3.63, 3.8) is 0 Å². The molecule has 1 saturated heterocycles. The zero-order valence-corrected chi connectivity index (χ0v) is 15.6. The van der Waals surface area contributed by atoms with Crippen molar-refractivity contribution in [1.29, 1.82) is 0 Å². The van der Waals surface area contributed by atoms with Crippen LogP contribution in [0.1, 0.15) is 34.4 Å². The van der Waals surface area contributed by atoms with E-state index >= 15 is 0 Å². The Bertz CT molecular complexity index is 1100. The third-order valence-electron chi connectivity index (χ3n) is 4.56. The van der Waals surface area contributed by atoms with Crippen LogP contribution in [0.25, 0.3) is 0 Å². The van der Waals surface area contributed by atoms with Crippen LogP contribution in [0.15, 0.2) is 66.9 Å². The van der Waals surface area contributed by atoms with Crippen LogP contribution >= 0.6 is 0 Å². The topological polar surface area (TPSA) is 60.5 Å². The molecule has 0 bridgehead atoms. The van der Waals surface area contributed by atoms with E-state index in [-0.39, 0.29) is 6.04 Å². The number of benzene rings is 2. The molecule has 2 atom stereocenters. The average molecular weight is 388 g/mol. The Hall–Kier alpha value is -3.85. The van der Waals surface area contributed by atoms with E-state index < -0.39 is 18.1 Å². The number of carbonyl (C=O) groups excluding carboxylic acids is 1. The molecule has 3 aromatic rings. The largest absolute Gasteiger partial charge is 0.497 e. The second-order valence-corrected chi connectivity index (χ2v) is 6.47. The van der Waals surface area contributed by atoms with Crippen molar-refractivity contribution in [2.24, 2.45) is 0 Å². The Kier molecular flexibility index (Phi) is 5.12. The van der Waals surface area contributed by atoms with Crippen LogP contribution in [0.5, 0.6) is 5.75 Å². The molecule has 5 nitrogen and oxygen atoms in total. The Morgan fingerprint density at radius 2 is 1.83 bits per heavy atom. The zero-order chi connectivity index (χ0) is 20.2. The van der Waals surface area contributed by atoms with Crippen molar-refractivity contribution < 1.29 is 18.7 Å². The maximum atomic E-state index is 12.9. The summed E-state index contributed by atoms with van der Waals surface area (Å²) in [5.74, 6) is 6.15. The number of pyridine rings is 1. The minimum Gasteiger partial charge on any atom is -0.497 e. The molecule has 2 heterocycles. The number of nitrogens with one attached hydrogen (secondary N) is 1. The fraction of sp³-hybridized carbons (Fsp3) is 0.130. The third kappa shape index (κ3) is 4.19. The summed E-state index contributed by atoms with van der Waals surface area (Å²) in [7, 11) is 1.59. The predicted octanol–water partition coefficient (Wildman–Crippen LogP) is 4.15. The Labute approximate surface area is 167 Å². The molecule has 4 rings (SSSR count). The first-order valence-corrected chi connectivity index (χ1v) is 8.97. The summed E-state index contributed by atoms with van der Waals surface area (Å²) < 4.78 is 23.7. The molecular weight excluding hydrogens is 371 g/mol. The molecule has 1 aromatic heterocycles. The van der Waals surface area contributed by atoms with Crippen molar-refractivity contribution in [3.8, 4) is 17.6 Å². The van der Waals surface area contributed by atoms with E-state index in [2.05, 4.69) is 22.1 Å². The SMILES string of the molecule is COc1cccc([C@H]2OC(=O)N[C@@H]2c2cccc(C#Cc3ccc(F)nc3)c2)c1. The van der Waals surface area contributed by atoms with Crippen LogP contribution in [0, 0.1) is 17.8 Å². The van der Waals surface area contributed by atoms with Gasteiger partial charge in [-0.05, 0) is 47.5 Å². The van der Waals surface area contributed by atoms with Gasteiger partial charge in [0, 0.05) is 17.3 Å². The number of methoxy groups -OCH3 is 1. The third-order valence-corrected chi connectivity index (χ3v) is 4.56. The lowest BCUT2D eigenvalue weighted by Gasteiger charge is -2.18. The van der Waals surface area contributed by atoms with Gasteiger partial charge in [-0.25, -0.2) is 9.78 Å². The Morgan fingerprint density at radius 3 is 2.62 bits per heavy atom. The quantitative estimate of drug-likeness (QED) is 0.541. The molecule has 1 amide bonds. The second-order valence-electron chi connectivity index (χ2n) is 6.47. The van der Waals surface area contributed by atoms with Crippen LogP contribution < -0.4 is 10.1 Å². The number of aromatic nitrogens is 1. The number of hydrogen-bond donors (Lipinski definition) is 1. The van der Waals surface area contributed by atoms with Crippen molar-refractivity contribution in [3.05, 3.63) is 95.1 Å². The van der Waals surface area contributed by atoms with E-state index in [1.807, 2.05) is 48.5 Å². The lowest BCUT2D eigenvalue weighted by Crippen LogP contribution is -2.19. The maximum absolute atomic E-state index is 12.9. The molecule has 0 saturated carbocycles. The predicted molar refractivity (Wildman–Crippen MR) is 105 cm³/mol. The van der Waals surface area contributed by atoms with Crippen LogP contribution in [0.3, 0.4) is 0 Å². The number of nitrogens with zero attached hydrogens (tertiary/aromatic N) is 1.